The first kappa shape index (κ1) is 28.6. The van der Waals surface area contributed by atoms with Gasteiger partial charge in [-0.2, -0.15) is 0 Å². The van der Waals surface area contributed by atoms with Crippen LogP contribution in [0.5, 0.6) is 23.0 Å². The number of piperidine rings is 2. The van der Waals surface area contributed by atoms with E-state index >= 15 is 0 Å². The Hall–Kier alpha value is -4.20. The van der Waals surface area contributed by atoms with Crippen molar-refractivity contribution in [3.63, 3.8) is 0 Å². The van der Waals surface area contributed by atoms with Crippen LogP contribution in [-0.2, 0) is 9.59 Å². The molecule has 8 nitrogen and oxygen atoms in total. The van der Waals surface area contributed by atoms with E-state index in [0.29, 0.717) is 5.75 Å². The topological polar surface area (TPSA) is 77.5 Å². The summed E-state index contributed by atoms with van der Waals surface area (Å²) >= 11 is 0. The predicted octanol–water partition coefficient (Wildman–Crippen LogP) is 5.93. The van der Waals surface area contributed by atoms with E-state index in [0.717, 1.165) is 93.1 Å². The molecule has 0 aromatic heterocycles. The van der Waals surface area contributed by atoms with E-state index in [2.05, 4.69) is 30.4 Å². The quantitative estimate of drug-likeness (QED) is 0.385. The fraction of sp³-hybridized carbons (Fsp3) is 0.444. The SMILES string of the molecule is O=C(C1C=CC(C=Cc2ccc3c(c2)OCO3)C(C=Cc2ccc3c(c2)OCO3)C1C(=O)N1CCCCC1)N1CCCCC1. The first-order valence-electron chi connectivity index (χ1n) is 16.1. The number of hydrogen-bond donors (Lipinski definition) is 0. The number of benzene rings is 2. The molecule has 0 N–H and O–H groups in total. The number of carbonyl (C=O) groups excluding carboxylic acids is 2. The van der Waals surface area contributed by atoms with Crippen molar-refractivity contribution in [2.75, 3.05) is 39.8 Å². The van der Waals surface area contributed by atoms with Gasteiger partial charge < -0.3 is 28.7 Å². The number of carbonyl (C=O) groups is 2. The van der Waals surface area contributed by atoms with Crippen LogP contribution in [-0.4, -0.2) is 61.4 Å². The van der Waals surface area contributed by atoms with Crippen LogP contribution in [0.4, 0.5) is 0 Å². The fourth-order valence-corrected chi connectivity index (χ4v) is 7.10. The number of allylic oxidation sites excluding steroid dienone is 3. The molecule has 7 rings (SSSR count). The summed E-state index contributed by atoms with van der Waals surface area (Å²) in [5, 5.41) is 0. The number of amides is 2. The van der Waals surface area contributed by atoms with E-state index in [1.807, 2.05) is 52.3 Å². The second-order valence-corrected chi connectivity index (χ2v) is 12.3. The van der Waals surface area contributed by atoms with Gasteiger partial charge in [-0.3, -0.25) is 9.59 Å². The lowest BCUT2D eigenvalue weighted by molar-refractivity contribution is -0.147. The number of fused-ring (bicyclic) bond motifs is 2. The number of hydrogen-bond acceptors (Lipinski definition) is 6. The lowest BCUT2D eigenvalue weighted by Gasteiger charge is -2.41. The maximum absolute atomic E-state index is 14.5. The zero-order valence-electron chi connectivity index (χ0n) is 25.1. The molecule has 2 aromatic rings. The summed E-state index contributed by atoms with van der Waals surface area (Å²) in [5.41, 5.74) is 1.96. The highest BCUT2D eigenvalue weighted by Gasteiger charge is 2.45. The first-order chi connectivity index (χ1) is 21.6. The van der Waals surface area contributed by atoms with Crippen LogP contribution in [0.25, 0.3) is 12.2 Å². The van der Waals surface area contributed by atoms with Crippen LogP contribution < -0.4 is 18.9 Å². The van der Waals surface area contributed by atoms with Gasteiger partial charge in [0.05, 0.1) is 11.8 Å². The minimum Gasteiger partial charge on any atom is -0.454 e. The first-order valence-corrected chi connectivity index (χ1v) is 16.1. The van der Waals surface area contributed by atoms with E-state index in [-0.39, 0.29) is 37.2 Å². The van der Waals surface area contributed by atoms with Crippen LogP contribution in [0.1, 0.15) is 49.7 Å². The van der Waals surface area contributed by atoms with Crippen LogP contribution >= 0.6 is 0 Å². The van der Waals surface area contributed by atoms with Crippen molar-refractivity contribution in [2.24, 2.45) is 23.7 Å². The molecule has 2 saturated heterocycles. The molecule has 4 unspecified atom stereocenters. The zero-order valence-corrected chi connectivity index (χ0v) is 25.1. The summed E-state index contributed by atoms with van der Waals surface area (Å²) < 4.78 is 22.2. The summed E-state index contributed by atoms with van der Waals surface area (Å²) in [6, 6.07) is 11.8. The summed E-state index contributed by atoms with van der Waals surface area (Å²) in [4.78, 5) is 32.6. The number of ether oxygens (including phenoxy) is 4. The average Bonchev–Trinajstić information content (AvgIpc) is 3.75. The molecule has 0 saturated carbocycles. The van der Waals surface area contributed by atoms with Crippen LogP contribution in [0, 0.1) is 23.7 Å². The minimum atomic E-state index is -0.496. The minimum absolute atomic E-state index is 0.0796. The van der Waals surface area contributed by atoms with Gasteiger partial charge in [0.15, 0.2) is 23.0 Å². The molecular weight excluding hydrogens is 556 g/mol. The van der Waals surface area contributed by atoms with Gasteiger partial charge in [0.1, 0.15) is 0 Å². The molecule has 4 aliphatic heterocycles. The van der Waals surface area contributed by atoms with Crippen molar-refractivity contribution in [3.8, 4) is 23.0 Å². The second-order valence-electron chi connectivity index (χ2n) is 12.3. The number of nitrogens with zero attached hydrogens (tertiary/aromatic N) is 2. The molecule has 2 aromatic carbocycles. The molecule has 4 heterocycles. The Kier molecular flexibility index (Phi) is 8.31. The van der Waals surface area contributed by atoms with Crippen molar-refractivity contribution in [3.05, 3.63) is 71.8 Å². The molecule has 1 aliphatic carbocycles. The van der Waals surface area contributed by atoms with Gasteiger partial charge in [0.2, 0.25) is 25.4 Å². The third kappa shape index (κ3) is 5.94. The molecule has 44 heavy (non-hydrogen) atoms. The summed E-state index contributed by atoms with van der Waals surface area (Å²) in [5.74, 6) is 1.80. The van der Waals surface area contributed by atoms with E-state index in [9.17, 15) is 9.59 Å². The monoisotopic (exact) mass is 596 g/mol. The van der Waals surface area contributed by atoms with E-state index < -0.39 is 11.8 Å². The van der Waals surface area contributed by atoms with E-state index in [1.54, 1.807) is 0 Å². The maximum atomic E-state index is 14.5. The Labute approximate surface area is 258 Å². The highest BCUT2D eigenvalue weighted by Crippen LogP contribution is 2.41. The van der Waals surface area contributed by atoms with Gasteiger partial charge in [0, 0.05) is 32.1 Å². The van der Waals surface area contributed by atoms with Crippen molar-refractivity contribution in [1.29, 1.82) is 0 Å². The van der Waals surface area contributed by atoms with Crippen LogP contribution in [0.3, 0.4) is 0 Å². The second kappa shape index (κ2) is 12.8. The van der Waals surface area contributed by atoms with Gasteiger partial charge in [-0.05, 0) is 79.8 Å². The predicted molar refractivity (Wildman–Crippen MR) is 167 cm³/mol. The lowest BCUT2D eigenvalue weighted by atomic mass is 9.68. The highest BCUT2D eigenvalue weighted by molar-refractivity contribution is 5.90. The molecule has 5 aliphatic rings. The fourth-order valence-electron chi connectivity index (χ4n) is 7.10. The lowest BCUT2D eigenvalue weighted by Crippen LogP contribution is -2.51. The van der Waals surface area contributed by atoms with Gasteiger partial charge in [-0.15, -0.1) is 0 Å². The van der Waals surface area contributed by atoms with Crippen molar-refractivity contribution < 1.29 is 28.5 Å². The molecule has 230 valence electrons. The molecule has 2 fully saturated rings. The van der Waals surface area contributed by atoms with Gasteiger partial charge in [-0.25, -0.2) is 0 Å². The standard InChI is InChI=1S/C36H40N2O6/c39-35(37-17-3-1-4-18-37)29-14-12-27(11-7-25-9-15-30-32(21-25)43-23-41-30)28(34(29)36(40)38-19-5-2-6-20-38)13-8-26-10-16-31-33(22-26)44-24-42-31/h7-16,21-22,27-29,34H,1-6,17-20,23-24H2. The van der Waals surface area contributed by atoms with Crippen molar-refractivity contribution in [2.45, 2.75) is 38.5 Å². The van der Waals surface area contributed by atoms with Gasteiger partial charge in [-0.1, -0.05) is 48.6 Å². The number of rotatable bonds is 6. The Morgan fingerprint density at radius 2 is 1.14 bits per heavy atom. The van der Waals surface area contributed by atoms with Crippen molar-refractivity contribution in [1.82, 2.24) is 9.80 Å². The summed E-state index contributed by atoms with van der Waals surface area (Å²) in [7, 11) is 0. The molecule has 0 spiro atoms. The smallest absolute Gasteiger partial charge is 0.231 e. The normalized spacial score (nSPS) is 26.1. The average molecular weight is 597 g/mol. The maximum Gasteiger partial charge on any atom is 0.231 e. The van der Waals surface area contributed by atoms with Gasteiger partial charge >= 0.3 is 0 Å². The Bertz CT molecular complexity index is 1470. The third-order valence-corrected chi connectivity index (χ3v) is 9.51. The molecule has 0 radical (unpaired) electrons. The third-order valence-electron chi connectivity index (χ3n) is 9.51. The van der Waals surface area contributed by atoms with Crippen molar-refractivity contribution >= 4 is 24.0 Å². The summed E-state index contributed by atoms with van der Waals surface area (Å²) in [6.45, 7) is 3.47. The molecular formula is C36H40N2O6. The molecule has 0 bridgehead atoms. The van der Waals surface area contributed by atoms with Crippen LogP contribution in [0.2, 0.25) is 0 Å². The van der Waals surface area contributed by atoms with E-state index in [4.69, 9.17) is 18.9 Å². The van der Waals surface area contributed by atoms with Crippen LogP contribution in [0.15, 0.2) is 60.7 Å². The van der Waals surface area contributed by atoms with Gasteiger partial charge in [0.25, 0.3) is 0 Å². The number of likely N-dealkylation sites (tertiary alicyclic amines) is 2. The molecule has 8 heteroatoms. The Morgan fingerprint density at radius 1 is 0.614 bits per heavy atom. The Morgan fingerprint density at radius 3 is 1.73 bits per heavy atom. The molecule has 4 atom stereocenters. The Balaban J connectivity index is 1.25. The highest BCUT2D eigenvalue weighted by atomic mass is 16.7. The largest absolute Gasteiger partial charge is 0.454 e. The molecule has 2 amide bonds. The summed E-state index contributed by atoms with van der Waals surface area (Å²) in [6.07, 6.45) is 18.9. The zero-order chi connectivity index (χ0) is 29.9. The van der Waals surface area contributed by atoms with E-state index in [1.165, 1.54) is 0 Å².